The molecule has 1 aliphatic heterocycles. The van der Waals surface area contributed by atoms with E-state index in [1.807, 2.05) is 11.3 Å². The summed E-state index contributed by atoms with van der Waals surface area (Å²) in [6.45, 7) is 6.11. The number of likely N-dealkylation sites (N-methyl/N-ethyl adjacent to an activating group) is 1. The van der Waals surface area contributed by atoms with E-state index >= 15 is 0 Å². The Morgan fingerprint density at radius 1 is 1.35 bits per heavy atom. The topological polar surface area (TPSA) is 21.3 Å². The summed E-state index contributed by atoms with van der Waals surface area (Å²) in [5, 5.41) is 5.79. The number of benzene rings is 1. The highest BCUT2D eigenvalue weighted by atomic mass is 32.1. The molecule has 1 aromatic heterocycles. The van der Waals surface area contributed by atoms with E-state index in [4.69, 9.17) is 4.74 Å². The second-order valence-corrected chi connectivity index (χ2v) is 6.33. The van der Waals surface area contributed by atoms with Gasteiger partial charge in [0.05, 0.1) is 12.6 Å². The summed E-state index contributed by atoms with van der Waals surface area (Å²) in [6, 6.07) is 11.2. The van der Waals surface area contributed by atoms with Crippen LogP contribution in [0.3, 0.4) is 0 Å². The van der Waals surface area contributed by atoms with Crippen molar-refractivity contribution in [1.29, 1.82) is 0 Å². The highest BCUT2D eigenvalue weighted by molar-refractivity contribution is 7.10. The number of nitrogens with one attached hydrogen (secondary N) is 1. The lowest BCUT2D eigenvalue weighted by Gasteiger charge is -2.33. The normalized spacial score (nSPS) is 19.6. The first-order valence-corrected chi connectivity index (χ1v) is 8.16. The second-order valence-electron chi connectivity index (χ2n) is 5.21. The molecule has 2 heterocycles. The molecule has 2 nitrogen and oxygen atoms in total. The molecule has 0 saturated carbocycles. The van der Waals surface area contributed by atoms with Crippen LogP contribution in [0.4, 0.5) is 0 Å². The van der Waals surface area contributed by atoms with E-state index in [2.05, 4.69) is 54.9 Å². The Kier molecular flexibility index (Phi) is 4.20. The van der Waals surface area contributed by atoms with Crippen molar-refractivity contribution in [2.75, 3.05) is 13.2 Å². The highest BCUT2D eigenvalue weighted by Crippen LogP contribution is 2.38. The molecule has 1 N–H and O–H groups in total. The zero-order valence-corrected chi connectivity index (χ0v) is 12.9. The van der Waals surface area contributed by atoms with Gasteiger partial charge in [0, 0.05) is 4.88 Å². The van der Waals surface area contributed by atoms with Crippen LogP contribution >= 0.6 is 11.3 Å². The predicted octanol–water partition coefficient (Wildman–Crippen LogP) is 4.02. The van der Waals surface area contributed by atoms with Crippen LogP contribution in [0.5, 0.6) is 0 Å². The first kappa shape index (κ1) is 13.8. The first-order chi connectivity index (χ1) is 9.81. The summed E-state index contributed by atoms with van der Waals surface area (Å²) in [5.41, 5.74) is 4.15. The molecule has 0 spiro atoms. The molecule has 0 aliphatic carbocycles. The van der Waals surface area contributed by atoms with Crippen molar-refractivity contribution in [3.63, 3.8) is 0 Å². The van der Waals surface area contributed by atoms with Crippen molar-refractivity contribution in [2.24, 2.45) is 0 Å². The molecule has 0 radical (unpaired) electrons. The average molecular weight is 287 g/mol. The lowest BCUT2D eigenvalue weighted by Crippen LogP contribution is -2.31. The lowest BCUT2D eigenvalue weighted by atomic mass is 9.90. The van der Waals surface area contributed by atoms with Gasteiger partial charge in [0.1, 0.15) is 6.10 Å². The third kappa shape index (κ3) is 2.53. The van der Waals surface area contributed by atoms with Gasteiger partial charge < -0.3 is 10.1 Å². The smallest absolute Gasteiger partial charge is 0.102 e. The standard InChI is InChI=1S/C17H21NOS/c1-3-18-16(14-9-11-20-12(14)2)17-15-7-5-4-6-13(15)8-10-19-17/h4-7,9,11,16-18H,3,8,10H2,1-2H3. The van der Waals surface area contributed by atoms with Crippen molar-refractivity contribution in [3.8, 4) is 0 Å². The number of thiophene rings is 1. The van der Waals surface area contributed by atoms with Gasteiger partial charge in [0.25, 0.3) is 0 Å². The van der Waals surface area contributed by atoms with Gasteiger partial charge in [-0.15, -0.1) is 11.3 Å². The fourth-order valence-corrected chi connectivity index (χ4v) is 3.77. The molecule has 2 aromatic rings. The zero-order valence-electron chi connectivity index (χ0n) is 12.1. The van der Waals surface area contributed by atoms with E-state index in [0.29, 0.717) is 0 Å². The van der Waals surface area contributed by atoms with Gasteiger partial charge in [-0.3, -0.25) is 0 Å². The molecule has 0 bridgehead atoms. The summed E-state index contributed by atoms with van der Waals surface area (Å²) in [5.74, 6) is 0. The van der Waals surface area contributed by atoms with E-state index < -0.39 is 0 Å². The maximum Gasteiger partial charge on any atom is 0.102 e. The number of rotatable bonds is 4. The minimum absolute atomic E-state index is 0.119. The number of aryl methyl sites for hydroxylation is 1. The quantitative estimate of drug-likeness (QED) is 0.917. The summed E-state index contributed by atoms with van der Waals surface area (Å²) in [6.07, 6.45) is 1.14. The van der Waals surface area contributed by atoms with E-state index in [1.54, 1.807) is 0 Å². The molecule has 0 fully saturated rings. The molecule has 20 heavy (non-hydrogen) atoms. The Morgan fingerprint density at radius 3 is 2.95 bits per heavy atom. The van der Waals surface area contributed by atoms with Gasteiger partial charge in [-0.05, 0) is 48.0 Å². The van der Waals surface area contributed by atoms with Crippen LogP contribution < -0.4 is 5.32 Å². The minimum Gasteiger partial charge on any atom is -0.371 e. The van der Waals surface area contributed by atoms with Crippen LogP contribution in [-0.2, 0) is 11.2 Å². The summed E-state index contributed by atoms with van der Waals surface area (Å²) < 4.78 is 6.14. The van der Waals surface area contributed by atoms with Crippen LogP contribution in [-0.4, -0.2) is 13.2 Å². The van der Waals surface area contributed by atoms with Gasteiger partial charge >= 0.3 is 0 Å². The van der Waals surface area contributed by atoms with Gasteiger partial charge in [0.2, 0.25) is 0 Å². The predicted molar refractivity (Wildman–Crippen MR) is 84.3 cm³/mol. The summed E-state index contributed by atoms with van der Waals surface area (Å²) in [7, 11) is 0. The van der Waals surface area contributed by atoms with Crippen molar-refractivity contribution < 1.29 is 4.74 Å². The van der Waals surface area contributed by atoms with Gasteiger partial charge in [-0.1, -0.05) is 31.2 Å². The number of hydrogen-bond donors (Lipinski definition) is 1. The fraction of sp³-hybridized carbons (Fsp3) is 0.412. The maximum absolute atomic E-state index is 6.14. The van der Waals surface area contributed by atoms with Gasteiger partial charge in [-0.25, -0.2) is 0 Å². The number of fused-ring (bicyclic) bond motifs is 1. The number of ether oxygens (including phenoxy) is 1. The van der Waals surface area contributed by atoms with Crippen molar-refractivity contribution in [3.05, 3.63) is 57.3 Å². The van der Waals surface area contributed by atoms with E-state index in [9.17, 15) is 0 Å². The fourth-order valence-electron chi connectivity index (χ4n) is 3.02. The van der Waals surface area contributed by atoms with E-state index in [-0.39, 0.29) is 12.1 Å². The largest absolute Gasteiger partial charge is 0.371 e. The molecular formula is C17H21NOS. The molecule has 3 heteroatoms. The third-order valence-electron chi connectivity index (χ3n) is 3.99. The van der Waals surface area contributed by atoms with Crippen molar-refractivity contribution >= 4 is 11.3 Å². The summed E-state index contributed by atoms with van der Waals surface area (Å²) in [4.78, 5) is 1.38. The Labute approximate surface area is 124 Å². The Morgan fingerprint density at radius 2 is 2.20 bits per heavy atom. The molecule has 1 aromatic carbocycles. The first-order valence-electron chi connectivity index (χ1n) is 7.28. The zero-order chi connectivity index (χ0) is 13.9. The van der Waals surface area contributed by atoms with Crippen molar-refractivity contribution in [1.82, 2.24) is 5.32 Å². The second kappa shape index (κ2) is 6.08. The van der Waals surface area contributed by atoms with Crippen LogP contribution in [0.15, 0.2) is 35.7 Å². The van der Waals surface area contributed by atoms with Crippen molar-refractivity contribution in [2.45, 2.75) is 32.4 Å². The summed E-state index contributed by atoms with van der Waals surface area (Å²) >= 11 is 1.81. The molecule has 3 rings (SSSR count). The molecule has 0 amide bonds. The molecule has 1 aliphatic rings. The van der Waals surface area contributed by atoms with Crippen LogP contribution in [0.2, 0.25) is 0 Å². The van der Waals surface area contributed by atoms with Crippen LogP contribution in [0, 0.1) is 6.92 Å². The Hall–Kier alpha value is -1.16. The van der Waals surface area contributed by atoms with E-state index in [0.717, 1.165) is 19.6 Å². The third-order valence-corrected chi connectivity index (χ3v) is 4.85. The van der Waals surface area contributed by atoms with Gasteiger partial charge in [-0.2, -0.15) is 0 Å². The van der Waals surface area contributed by atoms with Crippen LogP contribution in [0.25, 0.3) is 0 Å². The monoisotopic (exact) mass is 287 g/mol. The molecule has 106 valence electrons. The van der Waals surface area contributed by atoms with E-state index in [1.165, 1.54) is 21.6 Å². The van der Waals surface area contributed by atoms with Crippen LogP contribution in [0.1, 0.15) is 40.6 Å². The Bertz CT molecular complexity index is 578. The average Bonchev–Trinajstić information content (AvgIpc) is 2.90. The molecule has 2 atom stereocenters. The Balaban J connectivity index is 1.99. The SMILES string of the molecule is CCNC(c1ccsc1C)C1OCCc2ccccc21. The maximum atomic E-state index is 6.14. The molecular weight excluding hydrogens is 266 g/mol. The van der Waals surface area contributed by atoms with Gasteiger partial charge in [0.15, 0.2) is 0 Å². The number of hydrogen-bond acceptors (Lipinski definition) is 3. The molecule has 0 saturated heterocycles. The lowest BCUT2D eigenvalue weighted by molar-refractivity contribution is 0.0151. The minimum atomic E-state index is 0.119. The molecule has 2 unspecified atom stereocenters. The highest BCUT2D eigenvalue weighted by Gasteiger charge is 2.30.